The molecule has 0 radical (unpaired) electrons. The lowest BCUT2D eigenvalue weighted by Gasteiger charge is -2.44. The fourth-order valence-corrected chi connectivity index (χ4v) is 6.59. The molecule has 4 rings (SSSR count). The largest absolute Gasteiger partial charge is 0.341 e. The molecule has 0 spiro atoms. The molecule has 1 atom stereocenters. The van der Waals surface area contributed by atoms with Gasteiger partial charge in [-0.1, -0.05) is 43.0 Å². The molecule has 9 heteroatoms. The van der Waals surface area contributed by atoms with Crippen LogP contribution in [0.5, 0.6) is 0 Å². The number of nitrogens with one attached hydrogen (secondary N) is 2. The number of benzene rings is 1. The van der Waals surface area contributed by atoms with Gasteiger partial charge in [0.05, 0.1) is 6.04 Å². The number of amides is 3. The molecular weight excluding hydrogens is 500 g/mol. The average Bonchev–Trinajstić information content (AvgIpc) is 2.91. The highest BCUT2D eigenvalue weighted by atomic mass is 35.5. The van der Waals surface area contributed by atoms with Gasteiger partial charge in [0, 0.05) is 56.4 Å². The Labute approximate surface area is 233 Å². The monoisotopic (exact) mass is 546 g/mol. The minimum Gasteiger partial charge on any atom is -0.341 e. The Morgan fingerprint density at radius 2 is 1.55 bits per heavy atom. The zero-order valence-electron chi connectivity index (χ0n) is 23.2. The number of rotatable bonds is 8. The summed E-state index contributed by atoms with van der Waals surface area (Å²) in [5.74, 6) is 0.162. The number of urea groups is 1. The third-order valence-corrected chi connectivity index (χ3v) is 8.80. The number of nitrogens with two attached hydrogens (primary N) is 1. The van der Waals surface area contributed by atoms with E-state index in [4.69, 9.17) is 17.3 Å². The van der Waals surface area contributed by atoms with Crippen molar-refractivity contribution in [1.82, 2.24) is 25.6 Å². The van der Waals surface area contributed by atoms with Crippen molar-refractivity contribution in [3.63, 3.8) is 0 Å². The highest BCUT2D eigenvalue weighted by Crippen LogP contribution is 2.28. The number of piperidine rings is 1. The van der Waals surface area contributed by atoms with Crippen molar-refractivity contribution in [3.05, 3.63) is 34.9 Å². The Balaban J connectivity index is 1.41. The molecule has 8 nitrogen and oxygen atoms in total. The van der Waals surface area contributed by atoms with E-state index in [0.717, 1.165) is 56.9 Å². The van der Waals surface area contributed by atoms with Crippen molar-refractivity contribution in [3.8, 4) is 0 Å². The number of likely N-dealkylation sites (tertiary alicyclic amines) is 1. The van der Waals surface area contributed by atoms with Gasteiger partial charge < -0.3 is 20.9 Å². The van der Waals surface area contributed by atoms with Crippen LogP contribution in [-0.2, 0) is 11.2 Å². The molecule has 0 aromatic heterocycles. The number of hydrogen-bond donors (Lipinski definition) is 3. The van der Waals surface area contributed by atoms with Crippen LogP contribution in [0.25, 0.3) is 0 Å². The first kappa shape index (κ1) is 29.1. The number of hydrogen-bond acceptors (Lipinski definition) is 5. The van der Waals surface area contributed by atoms with Crippen LogP contribution in [0.3, 0.4) is 0 Å². The third-order valence-electron chi connectivity index (χ3n) is 8.55. The van der Waals surface area contributed by atoms with Crippen molar-refractivity contribution in [2.75, 3.05) is 27.2 Å². The van der Waals surface area contributed by atoms with Gasteiger partial charge in [-0.25, -0.2) is 9.80 Å². The molecule has 3 aliphatic rings. The number of carbonyl (C=O) groups is 2. The maximum absolute atomic E-state index is 13.9. The van der Waals surface area contributed by atoms with E-state index in [0.29, 0.717) is 30.6 Å². The van der Waals surface area contributed by atoms with Crippen LogP contribution in [0.4, 0.5) is 4.79 Å². The van der Waals surface area contributed by atoms with Gasteiger partial charge in [-0.05, 0) is 75.5 Å². The van der Waals surface area contributed by atoms with Gasteiger partial charge in [0.2, 0.25) is 5.91 Å². The van der Waals surface area contributed by atoms with Gasteiger partial charge in [0.15, 0.2) is 0 Å². The molecule has 3 amide bonds. The molecule has 1 aromatic rings. The Morgan fingerprint density at radius 3 is 2.16 bits per heavy atom. The van der Waals surface area contributed by atoms with E-state index in [-0.39, 0.29) is 36.1 Å². The van der Waals surface area contributed by atoms with Crippen LogP contribution >= 0.6 is 11.6 Å². The predicted octanol–water partition coefficient (Wildman–Crippen LogP) is 3.92. The summed E-state index contributed by atoms with van der Waals surface area (Å²) in [6.45, 7) is 1.35. The second-order valence-corrected chi connectivity index (χ2v) is 12.2. The fourth-order valence-electron chi connectivity index (χ4n) is 6.47. The lowest BCUT2D eigenvalue weighted by Crippen LogP contribution is -2.59. The van der Waals surface area contributed by atoms with E-state index in [2.05, 4.69) is 15.6 Å². The second-order valence-electron chi connectivity index (χ2n) is 11.7. The molecular formula is C29H47ClN6O2. The Hall–Kier alpha value is -1.87. The molecule has 1 aliphatic heterocycles. The Morgan fingerprint density at radius 1 is 0.947 bits per heavy atom. The Kier molecular flexibility index (Phi) is 10.7. The van der Waals surface area contributed by atoms with Gasteiger partial charge in [-0.15, -0.1) is 0 Å². The molecule has 4 N–H and O–H groups in total. The molecule has 0 unspecified atom stereocenters. The third kappa shape index (κ3) is 8.07. The van der Waals surface area contributed by atoms with Gasteiger partial charge in [-0.2, -0.15) is 0 Å². The maximum atomic E-state index is 13.9. The summed E-state index contributed by atoms with van der Waals surface area (Å²) in [5.41, 5.74) is 10.2. The highest BCUT2D eigenvalue weighted by molar-refractivity contribution is 6.30. The van der Waals surface area contributed by atoms with Crippen LogP contribution in [0, 0.1) is 0 Å². The fraction of sp³-hybridized carbons (Fsp3) is 0.724. The molecule has 38 heavy (non-hydrogen) atoms. The number of nitrogens with zero attached hydrogens (tertiary/aromatic N) is 3. The molecule has 1 aromatic carbocycles. The van der Waals surface area contributed by atoms with Gasteiger partial charge in [-0.3, -0.25) is 10.2 Å². The minimum absolute atomic E-state index is 0.00976. The number of halogens is 1. The summed E-state index contributed by atoms with van der Waals surface area (Å²) in [6, 6.07) is 8.54. The van der Waals surface area contributed by atoms with Crippen LogP contribution in [-0.4, -0.2) is 84.1 Å². The second kappa shape index (κ2) is 14.0. The van der Waals surface area contributed by atoms with E-state index in [9.17, 15) is 9.59 Å². The molecule has 212 valence electrons. The predicted molar refractivity (Wildman–Crippen MR) is 153 cm³/mol. The van der Waals surface area contributed by atoms with Crippen molar-refractivity contribution in [2.24, 2.45) is 5.73 Å². The van der Waals surface area contributed by atoms with E-state index in [1.54, 1.807) is 5.01 Å². The first-order chi connectivity index (χ1) is 18.3. The summed E-state index contributed by atoms with van der Waals surface area (Å²) >= 11 is 6.11. The Bertz CT molecular complexity index is 891. The molecule has 2 aliphatic carbocycles. The van der Waals surface area contributed by atoms with Gasteiger partial charge in [0.25, 0.3) is 0 Å². The first-order valence-corrected chi connectivity index (χ1v) is 15.0. The lowest BCUT2D eigenvalue weighted by atomic mass is 9.90. The summed E-state index contributed by atoms with van der Waals surface area (Å²) in [5, 5.41) is 6.13. The van der Waals surface area contributed by atoms with Crippen LogP contribution in [0.1, 0.15) is 76.2 Å². The van der Waals surface area contributed by atoms with E-state index < -0.39 is 0 Å². The van der Waals surface area contributed by atoms with Crippen molar-refractivity contribution in [1.29, 1.82) is 0 Å². The van der Waals surface area contributed by atoms with Crippen LogP contribution in [0.15, 0.2) is 24.3 Å². The molecule has 1 saturated heterocycles. The quantitative estimate of drug-likeness (QED) is 0.430. The first-order valence-electron chi connectivity index (χ1n) is 14.6. The van der Waals surface area contributed by atoms with Gasteiger partial charge >= 0.3 is 6.03 Å². The van der Waals surface area contributed by atoms with Crippen LogP contribution in [0.2, 0.25) is 5.02 Å². The topological polar surface area (TPSA) is 93.9 Å². The summed E-state index contributed by atoms with van der Waals surface area (Å²) < 4.78 is 0. The SMILES string of the molecule is CN(C)NC(=O)N(C1CCCCC1)C1CCN(C(=O)[C@H](Cc2ccc(Cl)cc2)NC2CCC(N)CC2)CC1. The molecule has 2 saturated carbocycles. The van der Waals surface area contributed by atoms with E-state index in [1.165, 1.54) is 19.3 Å². The van der Waals surface area contributed by atoms with Crippen LogP contribution < -0.4 is 16.5 Å². The number of carbonyl (C=O) groups excluding carboxylic acids is 2. The average molecular weight is 547 g/mol. The smallest absolute Gasteiger partial charge is 0.332 e. The summed E-state index contributed by atoms with van der Waals surface area (Å²) in [7, 11) is 3.71. The summed E-state index contributed by atoms with van der Waals surface area (Å²) in [4.78, 5) is 31.2. The van der Waals surface area contributed by atoms with Gasteiger partial charge in [0.1, 0.15) is 0 Å². The van der Waals surface area contributed by atoms with E-state index in [1.807, 2.05) is 43.3 Å². The summed E-state index contributed by atoms with van der Waals surface area (Å²) in [6.07, 6.45) is 12.0. The maximum Gasteiger partial charge on any atom is 0.332 e. The van der Waals surface area contributed by atoms with Crippen molar-refractivity contribution < 1.29 is 9.59 Å². The highest BCUT2D eigenvalue weighted by Gasteiger charge is 2.36. The molecule has 1 heterocycles. The standard InChI is InChI=1S/C29H47ClN6O2/c1-34(2)33-29(38)36(25-6-4-3-5-7-25)26-16-18-35(19-17-26)28(37)27(20-21-8-10-22(30)11-9-21)32-24-14-12-23(31)13-15-24/h8-11,23-27,32H,3-7,12-20,31H2,1-2H3,(H,33,38)/t23?,24?,27-/m0/s1. The van der Waals surface area contributed by atoms with Crippen molar-refractivity contribution >= 4 is 23.5 Å². The zero-order chi connectivity index (χ0) is 27.1. The van der Waals surface area contributed by atoms with E-state index >= 15 is 0 Å². The number of hydrazine groups is 1. The normalized spacial score (nSPS) is 24.3. The minimum atomic E-state index is -0.279. The lowest BCUT2D eigenvalue weighted by molar-refractivity contribution is -0.135. The zero-order valence-corrected chi connectivity index (χ0v) is 24.0. The molecule has 0 bridgehead atoms. The molecule has 3 fully saturated rings. The van der Waals surface area contributed by atoms with Crippen molar-refractivity contribution in [2.45, 2.75) is 107 Å².